The Morgan fingerprint density at radius 1 is 1.71 bits per heavy atom. The van der Waals surface area contributed by atoms with Gasteiger partial charge in [0.05, 0.1) is 0 Å². The van der Waals surface area contributed by atoms with Gasteiger partial charge in [-0.2, -0.15) is 0 Å². The molecule has 0 fully saturated rings. The molecule has 0 aromatic carbocycles. The van der Waals surface area contributed by atoms with Gasteiger partial charge in [0.2, 0.25) is 0 Å². The van der Waals surface area contributed by atoms with Crippen molar-refractivity contribution in [3.63, 3.8) is 0 Å². The molecule has 0 unspecified atom stereocenters. The minimum absolute atomic E-state index is 0.378. The van der Waals surface area contributed by atoms with Crippen molar-refractivity contribution >= 4 is 17.7 Å². The molecule has 1 aromatic rings. The number of hydrogen-bond acceptors (Lipinski definition) is 4. The third-order valence-electron chi connectivity index (χ3n) is 1.40. The maximum absolute atomic E-state index is 10.7. The van der Waals surface area contributed by atoms with Crippen molar-refractivity contribution in [3.05, 3.63) is 37.2 Å². The SMILES string of the molecule is C=CC(=O)OCCSc1cccnc1. The van der Waals surface area contributed by atoms with Gasteiger partial charge in [0.1, 0.15) is 6.61 Å². The molecule has 1 aromatic heterocycles. The second kappa shape index (κ2) is 6.21. The summed E-state index contributed by atoms with van der Waals surface area (Å²) in [5.41, 5.74) is 0. The normalized spacial score (nSPS) is 9.43. The van der Waals surface area contributed by atoms with Gasteiger partial charge >= 0.3 is 5.97 Å². The standard InChI is InChI=1S/C10H11NO2S/c1-2-10(12)13-6-7-14-9-4-3-5-11-8-9/h2-5,8H,1,6-7H2. The Hall–Kier alpha value is -1.29. The highest BCUT2D eigenvalue weighted by molar-refractivity contribution is 7.99. The van der Waals surface area contributed by atoms with E-state index in [-0.39, 0.29) is 5.97 Å². The summed E-state index contributed by atoms with van der Waals surface area (Å²) in [5, 5.41) is 0. The smallest absolute Gasteiger partial charge is 0.330 e. The molecule has 0 N–H and O–H groups in total. The topological polar surface area (TPSA) is 39.2 Å². The van der Waals surface area contributed by atoms with E-state index in [0.29, 0.717) is 6.61 Å². The fourth-order valence-electron chi connectivity index (χ4n) is 0.793. The van der Waals surface area contributed by atoms with Crippen LogP contribution in [0, 0.1) is 0 Å². The lowest BCUT2D eigenvalue weighted by molar-refractivity contribution is -0.137. The Morgan fingerprint density at radius 2 is 2.57 bits per heavy atom. The molecule has 0 bridgehead atoms. The number of thioether (sulfide) groups is 1. The zero-order chi connectivity index (χ0) is 10.2. The number of aromatic nitrogens is 1. The lowest BCUT2D eigenvalue weighted by atomic mass is 10.5. The van der Waals surface area contributed by atoms with Crippen molar-refractivity contribution in [3.8, 4) is 0 Å². The Bertz CT molecular complexity index is 300. The zero-order valence-electron chi connectivity index (χ0n) is 7.68. The first kappa shape index (κ1) is 10.8. The van der Waals surface area contributed by atoms with Crippen LogP contribution in [0.2, 0.25) is 0 Å². The number of rotatable bonds is 5. The van der Waals surface area contributed by atoms with E-state index in [1.807, 2.05) is 12.1 Å². The van der Waals surface area contributed by atoms with Crippen LogP contribution < -0.4 is 0 Å². The van der Waals surface area contributed by atoms with Crippen LogP contribution in [0.15, 0.2) is 42.1 Å². The summed E-state index contributed by atoms with van der Waals surface area (Å²) < 4.78 is 4.81. The average Bonchev–Trinajstić information content (AvgIpc) is 2.25. The van der Waals surface area contributed by atoms with E-state index in [1.165, 1.54) is 0 Å². The third-order valence-corrected chi connectivity index (χ3v) is 2.34. The maximum atomic E-state index is 10.7. The molecule has 0 saturated carbocycles. The number of ether oxygens (including phenoxy) is 1. The molecule has 0 aliphatic rings. The van der Waals surface area contributed by atoms with Gasteiger partial charge in [-0.15, -0.1) is 11.8 Å². The molecule has 1 heterocycles. The van der Waals surface area contributed by atoms with Gasteiger partial charge in [-0.05, 0) is 12.1 Å². The van der Waals surface area contributed by atoms with E-state index >= 15 is 0 Å². The lowest BCUT2D eigenvalue weighted by Gasteiger charge is -2.01. The third kappa shape index (κ3) is 4.09. The Balaban J connectivity index is 2.16. The average molecular weight is 209 g/mol. The largest absolute Gasteiger partial charge is 0.462 e. The molecule has 14 heavy (non-hydrogen) atoms. The summed E-state index contributed by atoms with van der Waals surface area (Å²) in [4.78, 5) is 15.7. The van der Waals surface area contributed by atoms with Crippen LogP contribution in [-0.4, -0.2) is 23.3 Å². The highest BCUT2D eigenvalue weighted by Gasteiger charge is 1.96. The van der Waals surface area contributed by atoms with Gasteiger partial charge in [0.25, 0.3) is 0 Å². The van der Waals surface area contributed by atoms with E-state index in [0.717, 1.165) is 16.7 Å². The van der Waals surface area contributed by atoms with Gasteiger partial charge in [0, 0.05) is 29.1 Å². The van der Waals surface area contributed by atoms with Crippen molar-refractivity contribution in [2.24, 2.45) is 0 Å². The van der Waals surface area contributed by atoms with Crippen molar-refractivity contribution < 1.29 is 9.53 Å². The first-order chi connectivity index (χ1) is 6.83. The molecule has 0 aliphatic heterocycles. The molecule has 3 nitrogen and oxygen atoms in total. The monoisotopic (exact) mass is 209 g/mol. The van der Waals surface area contributed by atoms with Gasteiger partial charge in [-0.25, -0.2) is 4.79 Å². The molecule has 0 aliphatic carbocycles. The van der Waals surface area contributed by atoms with Gasteiger partial charge in [-0.1, -0.05) is 6.58 Å². The fourth-order valence-corrected chi connectivity index (χ4v) is 1.51. The van der Waals surface area contributed by atoms with Crippen LogP contribution in [-0.2, 0) is 9.53 Å². The Kier molecular flexibility index (Phi) is 4.78. The number of nitrogens with zero attached hydrogens (tertiary/aromatic N) is 1. The van der Waals surface area contributed by atoms with E-state index in [9.17, 15) is 4.79 Å². The van der Waals surface area contributed by atoms with Crippen molar-refractivity contribution in [1.29, 1.82) is 0 Å². The van der Waals surface area contributed by atoms with Gasteiger partial charge < -0.3 is 4.74 Å². The van der Waals surface area contributed by atoms with E-state index in [4.69, 9.17) is 4.74 Å². The minimum atomic E-state index is -0.378. The van der Waals surface area contributed by atoms with Crippen LogP contribution in [0.3, 0.4) is 0 Å². The first-order valence-corrected chi connectivity index (χ1v) is 5.13. The molecule has 0 spiro atoms. The van der Waals surface area contributed by atoms with Crippen LogP contribution in [0.5, 0.6) is 0 Å². The molecular weight excluding hydrogens is 198 g/mol. The van der Waals surface area contributed by atoms with Gasteiger partial charge in [-0.3, -0.25) is 4.98 Å². The molecule has 1 rings (SSSR count). The van der Waals surface area contributed by atoms with E-state index in [1.54, 1.807) is 24.2 Å². The molecule has 0 saturated heterocycles. The highest BCUT2D eigenvalue weighted by atomic mass is 32.2. The molecule has 74 valence electrons. The number of carbonyl (C=O) groups is 1. The second-order valence-corrected chi connectivity index (χ2v) is 3.58. The predicted molar refractivity (Wildman–Crippen MR) is 56.1 cm³/mol. The molecule has 0 radical (unpaired) electrons. The molecule has 4 heteroatoms. The van der Waals surface area contributed by atoms with Crippen LogP contribution in [0.1, 0.15) is 0 Å². The van der Waals surface area contributed by atoms with Crippen molar-refractivity contribution in [2.75, 3.05) is 12.4 Å². The quantitative estimate of drug-likeness (QED) is 0.321. The number of carbonyl (C=O) groups excluding carboxylic acids is 1. The summed E-state index contributed by atoms with van der Waals surface area (Å²) in [6.45, 7) is 3.70. The van der Waals surface area contributed by atoms with Gasteiger partial charge in [0.15, 0.2) is 0 Å². The van der Waals surface area contributed by atoms with Crippen LogP contribution >= 0.6 is 11.8 Å². The lowest BCUT2D eigenvalue weighted by Crippen LogP contribution is -2.03. The zero-order valence-corrected chi connectivity index (χ0v) is 8.50. The minimum Gasteiger partial charge on any atom is -0.462 e. The second-order valence-electron chi connectivity index (χ2n) is 2.41. The number of pyridine rings is 1. The molecular formula is C10H11NO2S. The van der Waals surface area contributed by atoms with E-state index < -0.39 is 0 Å². The Labute approximate surface area is 87.2 Å². The summed E-state index contributed by atoms with van der Waals surface area (Å²) in [6.07, 6.45) is 4.66. The fraction of sp³-hybridized carbons (Fsp3) is 0.200. The first-order valence-electron chi connectivity index (χ1n) is 4.15. The summed E-state index contributed by atoms with van der Waals surface area (Å²) in [7, 11) is 0. The summed E-state index contributed by atoms with van der Waals surface area (Å²) in [5.74, 6) is 0.349. The van der Waals surface area contributed by atoms with E-state index in [2.05, 4.69) is 11.6 Å². The van der Waals surface area contributed by atoms with Crippen LogP contribution in [0.25, 0.3) is 0 Å². The molecule has 0 amide bonds. The number of hydrogen-bond donors (Lipinski definition) is 0. The number of esters is 1. The summed E-state index contributed by atoms with van der Waals surface area (Å²) >= 11 is 1.60. The highest BCUT2D eigenvalue weighted by Crippen LogP contribution is 2.14. The van der Waals surface area contributed by atoms with Crippen molar-refractivity contribution in [1.82, 2.24) is 4.98 Å². The summed E-state index contributed by atoms with van der Waals surface area (Å²) in [6, 6.07) is 3.84. The maximum Gasteiger partial charge on any atom is 0.330 e. The van der Waals surface area contributed by atoms with Crippen LogP contribution in [0.4, 0.5) is 0 Å². The van der Waals surface area contributed by atoms with Crippen molar-refractivity contribution in [2.45, 2.75) is 4.90 Å². The predicted octanol–water partition coefficient (Wildman–Crippen LogP) is 1.90. The Morgan fingerprint density at radius 3 is 3.21 bits per heavy atom. The molecule has 0 atom stereocenters.